The van der Waals surface area contributed by atoms with Crippen molar-refractivity contribution in [3.8, 4) is 0 Å². The predicted octanol–water partition coefficient (Wildman–Crippen LogP) is 2.21. The summed E-state index contributed by atoms with van der Waals surface area (Å²) in [5, 5.41) is 3.19. The molecule has 0 bridgehead atoms. The zero-order valence-corrected chi connectivity index (χ0v) is 7.53. The Labute approximate surface area is 69.3 Å². The first-order valence-corrected chi connectivity index (χ1v) is 4.54. The number of thiol groups is 1. The number of unbranched alkanes of at least 4 members (excludes halogenated alkanes) is 2. The zero-order chi connectivity index (χ0) is 7.66. The largest absolute Gasteiger partial charge is 0.391 e. The lowest BCUT2D eigenvalue weighted by Gasteiger charge is -1.97. The van der Waals surface area contributed by atoms with Crippen molar-refractivity contribution in [3.63, 3.8) is 0 Å². The van der Waals surface area contributed by atoms with Gasteiger partial charge in [0.1, 0.15) is 0 Å². The van der Waals surface area contributed by atoms with Crippen molar-refractivity contribution in [3.05, 3.63) is 12.3 Å². The molecule has 0 rings (SSSR count). The van der Waals surface area contributed by atoms with Gasteiger partial charge in [-0.1, -0.05) is 25.8 Å². The van der Waals surface area contributed by atoms with Gasteiger partial charge in [0.05, 0.1) is 0 Å². The summed E-state index contributed by atoms with van der Waals surface area (Å²) in [5.74, 6) is 0.820. The third-order valence-corrected chi connectivity index (χ3v) is 1.48. The Morgan fingerprint density at radius 2 is 2.20 bits per heavy atom. The predicted molar refractivity (Wildman–Crippen MR) is 50.5 cm³/mol. The average molecular weight is 159 g/mol. The van der Waals surface area contributed by atoms with E-state index >= 15 is 0 Å². The highest BCUT2D eigenvalue weighted by Gasteiger charge is 1.80. The molecule has 0 fully saturated rings. The molecule has 0 radical (unpaired) electrons. The van der Waals surface area contributed by atoms with Gasteiger partial charge in [-0.2, -0.15) is 12.6 Å². The van der Waals surface area contributed by atoms with Gasteiger partial charge in [0.15, 0.2) is 0 Å². The average Bonchev–Trinajstić information content (AvgIpc) is 1.97. The molecule has 0 saturated heterocycles. The van der Waals surface area contributed by atoms with Gasteiger partial charge >= 0.3 is 0 Å². The third-order valence-electron chi connectivity index (χ3n) is 1.27. The zero-order valence-electron chi connectivity index (χ0n) is 6.64. The Hall–Kier alpha value is -0.110. The van der Waals surface area contributed by atoms with Crippen LogP contribution < -0.4 is 5.32 Å². The van der Waals surface area contributed by atoms with Gasteiger partial charge in [-0.05, 0) is 12.6 Å². The summed E-state index contributed by atoms with van der Waals surface area (Å²) in [6.07, 6.45) is 7.87. The van der Waals surface area contributed by atoms with E-state index in [1.807, 2.05) is 12.3 Å². The number of nitrogens with one attached hydrogen (secondary N) is 1. The lowest BCUT2D eigenvalue weighted by Crippen LogP contribution is -2.06. The van der Waals surface area contributed by atoms with Crippen molar-refractivity contribution < 1.29 is 0 Å². The maximum absolute atomic E-state index is 4.04. The summed E-state index contributed by atoms with van der Waals surface area (Å²) in [7, 11) is 0. The third kappa shape index (κ3) is 7.89. The minimum absolute atomic E-state index is 0.820. The van der Waals surface area contributed by atoms with Crippen molar-refractivity contribution >= 4 is 12.6 Å². The topological polar surface area (TPSA) is 12.0 Å². The molecule has 0 amide bonds. The molecule has 0 saturated carbocycles. The van der Waals surface area contributed by atoms with Crippen molar-refractivity contribution in [2.75, 3.05) is 12.3 Å². The van der Waals surface area contributed by atoms with E-state index in [0.717, 1.165) is 12.3 Å². The van der Waals surface area contributed by atoms with Crippen molar-refractivity contribution in [2.45, 2.75) is 26.2 Å². The Balaban J connectivity index is 2.83. The molecule has 1 N–H and O–H groups in total. The molecule has 0 aliphatic carbocycles. The smallest absolute Gasteiger partial charge is 0.0141 e. The summed E-state index contributed by atoms with van der Waals surface area (Å²) in [5.41, 5.74) is 0. The molecule has 0 aliphatic heterocycles. The summed E-state index contributed by atoms with van der Waals surface area (Å²) >= 11 is 4.04. The first kappa shape index (κ1) is 9.89. The molecule has 2 heteroatoms. The first-order valence-electron chi connectivity index (χ1n) is 3.91. The van der Waals surface area contributed by atoms with Gasteiger partial charge in [-0.25, -0.2) is 0 Å². The Morgan fingerprint density at radius 3 is 2.80 bits per heavy atom. The molecule has 0 unspecified atom stereocenters. The molecule has 0 spiro atoms. The van der Waals surface area contributed by atoms with Crippen LogP contribution in [0.25, 0.3) is 0 Å². The van der Waals surface area contributed by atoms with Crippen LogP contribution >= 0.6 is 12.6 Å². The standard InChI is InChI=1S/C8H17NS/c1-2-3-4-6-9-7-5-8-10/h5,7,9-10H,2-4,6,8H2,1H3. The summed E-state index contributed by atoms with van der Waals surface area (Å²) in [6, 6.07) is 0. The van der Waals surface area contributed by atoms with E-state index in [9.17, 15) is 0 Å². The second-order valence-corrected chi connectivity index (χ2v) is 2.61. The molecule has 0 aliphatic rings. The minimum Gasteiger partial charge on any atom is -0.391 e. The molecule has 1 nitrogen and oxygen atoms in total. The van der Waals surface area contributed by atoms with Crippen LogP contribution in [-0.4, -0.2) is 12.3 Å². The second kappa shape index (κ2) is 8.89. The van der Waals surface area contributed by atoms with Gasteiger partial charge in [-0.3, -0.25) is 0 Å². The van der Waals surface area contributed by atoms with E-state index in [0.29, 0.717) is 0 Å². The molecule has 0 aromatic heterocycles. The lowest BCUT2D eigenvalue weighted by molar-refractivity contribution is 0.683. The normalized spacial score (nSPS) is 10.6. The van der Waals surface area contributed by atoms with E-state index in [-0.39, 0.29) is 0 Å². The fraction of sp³-hybridized carbons (Fsp3) is 0.750. The molecule has 60 valence electrons. The number of hydrogen-bond acceptors (Lipinski definition) is 2. The molecule has 0 aromatic carbocycles. The number of rotatable bonds is 6. The summed E-state index contributed by atoms with van der Waals surface area (Å²) in [4.78, 5) is 0. The van der Waals surface area contributed by atoms with Crippen LogP contribution in [-0.2, 0) is 0 Å². The van der Waals surface area contributed by atoms with Crippen LogP contribution in [0.2, 0.25) is 0 Å². The lowest BCUT2D eigenvalue weighted by atomic mass is 10.2. The van der Waals surface area contributed by atoms with E-state index in [1.165, 1.54) is 19.3 Å². The molecule has 0 atom stereocenters. The van der Waals surface area contributed by atoms with Crippen molar-refractivity contribution in [2.24, 2.45) is 0 Å². The van der Waals surface area contributed by atoms with Crippen molar-refractivity contribution in [1.82, 2.24) is 5.32 Å². The van der Waals surface area contributed by atoms with Crippen LogP contribution in [0.1, 0.15) is 26.2 Å². The van der Waals surface area contributed by atoms with Crippen LogP contribution in [0.3, 0.4) is 0 Å². The fourth-order valence-corrected chi connectivity index (χ4v) is 0.802. The monoisotopic (exact) mass is 159 g/mol. The minimum atomic E-state index is 0.820. The van der Waals surface area contributed by atoms with Gasteiger partial charge < -0.3 is 5.32 Å². The fourth-order valence-electron chi connectivity index (χ4n) is 0.696. The maximum atomic E-state index is 4.04. The first-order chi connectivity index (χ1) is 4.91. The molecular weight excluding hydrogens is 142 g/mol. The van der Waals surface area contributed by atoms with Gasteiger partial charge in [0, 0.05) is 12.3 Å². The maximum Gasteiger partial charge on any atom is 0.0141 e. The van der Waals surface area contributed by atoms with Crippen molar-refractivity contribution in [1.29, 1.82) is 0 Å². The summed E-state index contributed by atoms with van der Waals surface area (Å²) in [6.45, 7) is 3.31. The van der Waals surface area contributed by atoms with E-state index in [4.69, 9.17) is 0 Å². The van der Waals surface area contributed by atoms with E-state index in [1.54, 1.807) is 0 Å². The molecule has 0 aromatic rings. The Morgan fingerprint density at radius 1 is 1.40 bits per heavy atom. The van der Waals surface area contributed by atoms with Crippen LogP contribution in [0.5, 0.6) is 0 Å². The van der Waals surface area contributed by atoms with Crippen LogP contribution in [0.4, 0.5) is 0 Å². The summed E-state index contributed by atoms with van der Waals surface area (Å²) < 4.78 is 0. The highest BCUT2D eigenvalue weighted by molar-refractivity contribution is 7.80. The Bertz CT molecular complexity index is 81.3. The van der Waals surface area contributed by atoms with Gasteiger partial charge in [0.25, 0.3) is 0 Å². The van der Waals surface area contributed by atoms with E-state index in [2.05, 4.69) is 24.9 Å². The quantitative estimate of drug-likeness (QED) is 0.447. The highest BCUT2D eigenvalue weighted by Crippen LogP contribution is 1.90. The number of hydrogen-bond donors (Lipinski definition) is 2. The molecule has 10 heavy (non-hydrogen) atoms. The van der Waals surface area contributed by atoms with Gasteiger partial charge in [0.2, 0.25) is 0 Å². The SMILES string of the molecule is CCCCCNC=CCS. The Kier molecular flexibility index (Phi) is 8.79. The molecular formula is C8H17NS. The van der Waals surface area contributed by atoms with E-state index < -0.39 is 0 Å². The molecule has 0 heterocycles. The van der Waals surface area contributed by atoms with Gasteiger partial charge in [-0.15, -0.1) is 0 Å². The second-order valence-electron chi connectivity index (χ2n) is 2.25. The highest BCUT2D eigenvalue weighted by atomic mass is 32.1. The van der Waals surface area contributed by atoms with Crippen LogP contribution in [0.15, 0.2) is 12.3 Å². The van der Waals surface area contributed by atoms with Crippen LogP contribution in [0, 0.1) is 0 Å².